The van der Waals surface area contributed by atoms with Gasteiger partial charge in [-0.1, -0.05) is 11.6 Å². The van der Waals surface area contributed by atoms with Crippen LogP contribution >= 0.6 is 22.9 Å². The van der Waals surface area contributed by atoms with E-state index in [2.05, 4.69) is 0 Å². The van der Waals surface area contributed by atoms with Gasteiger partial charge < -0.3 is 4.42 Å². The summed E-state index contributed by atoms with van der Waals surface area (Å²) in [5.74, 6) is -0.360. The van der Waals surface area contributed by atoms with Crippen molar-refractivity contribution >= 4 is 39.7 Å². The van der Waals surface area contributed by atoms with Crippen LogP contribution in [0.1, 0.15) is 21.7 Å². The molecule has 0 bridgehead atoms. The number of thiophene rings is 1. The van der Waals surface area contributed by atoms with Crippen LogP contribution in [0.4, 0.5) is 4.39 Å². The summed E-state index contributed by atoms with van der Waals surface area (Å²) >= 11 is 7.10. The first-order valence-electron chi connectivity index (χ1n) is 5.53. The first-order valence-corrected chi connectivity index (χ1v) is 6.79. The van der Waals surface area contributed by atoms with E-state index in [-0.39, 0.29) is 17.4 Å². The lowest BCUT2D eigenvalue weighted by molar-refractivity contribution is 0.101. The van der Waals surface area contributed by atoms with E-state index in [0.717, 1.165) is 0 Å². The number of fused-ring (bicyclic) bond motifs is 1. The Kier molecular flexibility index (Phi) is 2.92. The molecule has 0 spiro atoms. The SMILES string of the molecule is Cc1c(C(=O)c2csc(Cl)c2)oc2ccc(F)cc12. The second-order valence-corrected chi connectivity index (χ2v) is 5.71. The van der Waals surface area contributed by atoms with E-state index < -0.39 is 0 Å². The second-order valence-electron chi connectivity index (χ2n) is 4.17. The molecule has 2 heterocycles. The lowest BCUT2D eigenvalue weighted by atomic mass is 10.1. The van der Waals surface area contributed by atoms with Gasteiger partial charge >= 0.3 is 0 Å². The van der Waals surface area contributed by atoms with Gasteiger partial charge in [-0.15, -0.1) is 11.3 Å². The van der Waals surface area contributed by atoms with Crippen LogP contribution in [0.2, 0.25) is 4.34 Å². The van der Waals surface area contributed by atoms with Crippen LogP contribution in [0.15, 0.2) is 34.1 Å². The Hall–Kier alpha value is -1.65. The molecule has 0 saturated carbocycles. The molecular formula is C14H8ClFO2S. The van der Waals surface area contributed by atoms with Crippen molar-refractivity contribution < 1.29 is 13.6 Å². The second kappa shape index (κ2) is 4.47. The summed E-state index contributed by atoms with van der Waals surface area (Å²) in [4.78, 5) is 12.3. The number of hydrogen-bond donors (Lipinski definition) is 0. The fourth-order valence-electron chi connectivity index (χ4n) is 1.97. The molecule has 0 amide bonds. The third kappa shape index (κ3) is 2.07. The van der Waals surface area contributed by atoms with E-state index in [4.69, 9.17) is 16.0 Å². The molecule has 5 heteroatoms. The molecule has 0 N–H and O–H groups in total. The van der Waals surface area contributed by atoms with E-state index in [1.165, 1.54) is 29.5 Å². The number of ketones is 1. The Bertz CT molecular complexity index is 788. The Labute approximate surface area is 117 Å². The number of furan rings is 1. The van der Waals surface area contributed by atoms with Gasteiger partial charge in [0.15, 0.2) is 5.76 Å². The smallest absolute Gasteiger partial charge is 0.229 e. The molecule has 0 fully saturated rings. The molecule has 0 unspecified atom stereocenters. The van der Waals surface area contributed by atoms with Gasteiger partial charge in [-0.25, -0.2) is 4.39 Å². The van der Waals surface area contributed by atoms with Crippen molar-refractivity contribution in [1.82, 2.24) is 0 Å². The van der Waals surface area contributed by atoms with E-state index >= 15 is 0 Å². The molecule has 0 aliphatic heterocycles. The summed E-state index contributed by atoms with van der Waals surface area (Å²) in [5, 5.41) is 2.29. The summed E-state index contributed by atoms with van der Waals surface area (Å²) in [5.41, 5.74) is 1.63. The van der Waals surface area contributed by atoms with Crippen LogP contribution in [-0.4, -0.2) is 5.78 Å². The van der Waals surface area contributed by atoms with Crippen molar-refractivity contribution in [3.8, 4) is 0 Å². The molecule has 3 aromatic rings. The van der Waals surface area contributed by atoms with Gasteiger partial charge in [0.25, 0.3) is 0 Å². The van der Waals surface area contributed by atoms with Crippen LogP contribution in [0.25, 0.3) is 11.0 Å². The number of benzene rings is 1. The molecule has 0 aliphatic carbocycles. The summed E-state index contributed by atoms with van der Waals surface area (Å²) < 4.78 is 19.3. The summed E-state index contributed by atoms with van der Waals surface area (Å²) in [6.45, 7) is 1.74. The Morgan fingerprint density at radius 1 is 1.37 bits per heavy atom. The van der Waals surface area contributed by atoms with Gasteiger partial charge in [0, 0.05) is 21.9 Å². The predicted molar refractivity (Wildman–Crippen MR) is 73.7 cm³/mol. The van der Waals surface area contributed by atoms with E-state index in [1.807, 2.05) is 0 Å². The van der Waals surface area contributed by atoms with Crippen molar-refractivity contribution in [2.45, 2.75) is 6.92 Å². The minimum atomic E-state index is -0.353. The number of aryl methyl sites for hydroxylation is 1. The van der Waals surface area contributed by atoms with E-state index in [0.29, 0.717) is 26.4 Å². The highest BCUT2D eigenvalue weighted by atomic mass is 35.5. The standard InChI is InChI=1S/C14H8ClFO2S/c1-7-10-5-9(16)2-3-11(10)18-14(7)13(17)8-4-12(15)19-6-8/h2-6H,1H3. The zero-order chi connectivity index (χ0) is 13.6. The number of carbonyl (C=O) groups excluding carboxylic acids is 1. The Morgan fingerprint density at radius 3 is 2.84 bits per heavy atom. The highest BCUT2D eigenvalue weighted by molar-refractivity contribution is 7.14. The highest BCUT2D eigenvalue weighted by Crippen LogP contribution is 2.29. The molecule has 96 valence electrons. The van der Waals surface area contributed by atoms with Crippen LogP contribution in [0.3, 0.4) is 0 Å². The van der Waals surface area contributed by atoms with Gasteiger partial charge in [0.1, 0.15) is 11.4 Å². The van der Waals surface area contributed by atoms with E-state index in [9.17, 15) is 9.18 Å². The molecule has 19 heavy (non-hydrogen) atoms. The zero-order valence-corrected chi connectivity index (χ0v) is 11.4. The van der Waals surface area contributed by atoms with Crippen LogP contribution in [0, 0.1) is 12.7 Å². The molecule has 3 rings (SSSR count). The van der Waals surface area contributed by atoms with Crippen molar-refractivity contribution in [1.29, 1.82) is 0 Å². The summed E-state index contributed by atoms with van der Waals surface area (Å²) in [7, 11) is 0. The minimum absolute atomic E-state index is 0.232. The largest absolute Gasteiger partial charge is 0.452 e. The van der Waals surface area contributed by atoms with Gasteiger partial charge in [-0.05, 0) is 31.2 Å². The maximum absolute atomic E-state index is 13.2. The monoisotopic (exact) mass is 294 g/mol. The number of carbonyl (C=O) groups is 1. The predicted octanol–water partition coefficient (Wildman–Crippen LogP) is 4.83. The average molecular weight is 295 g/mol. The Balaban J connectivity index is 2.15. The topological polar surface area (TPSA) is 30.2 Å². The van der Waals surface area contributed by atoms with Crippen LogP contribution in [-0.2, 0) is 0 Å². The molecule has 0 aliphatic rings. The maximum atomic E-state index is 13.2. The van der Waals surface area contributed by atoms with Gasteiger partial charge in [0.05, 0.1) is 4.34 Å². The third-order valence-corrected chi connectivity index (χ3v) is 4.03. The minimum Gasteiger partial charge on any atom is -0.452 e. The normalized spacial score (nSPS) is 11.1. The molecule has 1 aromatic carbocycles. The lowest BCUT2D eigenvalue weighted by Crippen LogP contribution is -1.99. The zero-order valence-electron chi connectivity index (χ0n) is 9.87. The molecule has 0 radical (unpaired) electrons. The van der Waals surface area contributed by atoms with Gasteiger partial charge in [0.2, 0.25) is 5.78 Å². The quantitative estimate of drug-likeness (QED) is 0.634. The van der Waals surface area contributed by atoms with Crippen molar-refractivity contribution in [3.05, 3.63) is 56.7 Å². The average Bonchev–Trinajstić information content (AvgIpc) is 2.94. The molecule has 0 atom stereocenters. The van der Waals surface area contributed by atoms with Gasteiger partial charge in [-0.2, -0.15) is 0 Å². The van der Waals surface area contributed by atoms with E-state index in [1.54, 1.807) is 18.4 Å². The fourth-order valence-corrected chi connectivity index (χ4v) is 2.83. The summed E-state index contributed by atoms with van der Waals surface area (Å²) in [6.07, 6.45) is 0. The maximum Gasteiger partial charge on any atom is 0.229 e. The van der Waals surface area contributed by atoms with Crippen molar-refractivity contribution in [2.24, 2.45) is 0 Å². The van der Waals surface area contributed by atoms with Crippen LogP contribution in [0.5, 0.6) is 0 Å². The number of halogens is 2. The van der Waals surface area contributed by atoms with Crippen molar-refractivity contribution in [3.63, 3.8) is 0 Å². The van der Waals surface area contributed by atoms with Gasteiger partial charge in [-0.3, -0.25) is 4.79 Å². The Morgan fingerprint density at radius 2 is 2.16 bits per heavy atom. The number of rotatable bonds is 2. The first-order chi connectivity index (χ1) is 9.06. The molecule has 0 saturated heterocycles. The molecule has 2 aromatic heterocycles. The highest BCUT2D eigenvalue weighted by Gasteiger charge is 2.20. The molecular weight excluding hydrogens is 287 g/mol. The third-order valence-electron chi connectivity index (χ3n) is 2.93. The first kappa shape index (κ1) is 12.4. The molecule has 2 nitrogen and oxygen atoms in total. The number of hydrogen-bond acceptors (Lipinski definition) is 3. The summed E-state index contributed by atoms with van der Waals surface area (Å²) in [6, 6.07) is 5.79. The fraction of sp³-hybridized carbons (Fsp3) is 0.0714. The van der Waals surface area contributed by atoms with Crippen molar-refractivity contribution in [2.75, 3.05) is 0 Å². The lowest BCUT2D eigenvalue weighted by Gasteiger charge is -1.94. The van der Waals surface area contributed by atoms with Crippen LogP contribution < -0.4 is 0 Å².